The number of hydrogen-bond acceptors (Lipinski definition) is 5. The van der Waals surface area contributed by atoms with E-state index >= 15 is 0 Å². The second-order valence-corrected chi connectivity index (χ2v) is 7.68. The Balaban J connectivity index is 1.93. The van der Waals surface area contributed by atoms with E-state index in [0.29, 0.717) is 16.7 Å². The number of hydrogen-bond donors (Lipinski definition) is 2. The Morgan fingerprint density at radius 1 is 1.13 bits per heavy atom. The highest BCUT2D eigenvalue weighted by Crippen LogP contribution is 2.30. The Kier molecular flexibility index (Phi) is 7.47. The van der Waals surface area contributed by atoms with Gasteiger partial charge in [0.05, 0.1) is 6.10 Å². The molecule has 1 aromatic heterocycles. The van der Waals surface area contributed by atoms with E-state index in [-0.39, 0.29) is 11.7 Å². The van der Waals surface area contributed by atoms with Crippen LogP contribution in [0.4, 0.5) is 5.69 Å². The van der Waals surface area contributed by atoms with Gasteiger partial charge in [-0.25, -0.2) is 4.79 Å². The fourth-order valence-electron chi connectivity index (χ4n) is 3.39. The minimum atomic E-state index is -0.658. The molecule has 0 aliphatic carbocycles. The van der Waals surface area contributed by atoms with Gasteiger partial charge in [-0.1, -0.05) is 32.4 Å². The molecule has 0 saturated heterocycles. The van der Waals surface area contributed by atoms with Crippen molar-refractivity contribution in [1.82, 2.24) is 5.32 Å². The lowest BCUT2D eigenvalue weighted by Gasteiger charge is -2.17. The summed E-state index contributed by atoms with van der Waals surface area (Å²) in [6, 6.07) is 12.8. The first-order valence-electron chi connectivity index (χ1n) is 10.8. The van der Waals surface area contributed by atoms with Crippen molar-refractivity contribution in [1.29, 1.82) is 0 Å². The maximum absolute atomic E-state index is 12.7. The van der Waals surface area contributed by atoms with E-state index in [4.69, 9.17) is 9.15 Å². The number of aryl methyl sites for hydroxylation is 1. The van der Waals surface area contributed by atoms with Gasteiger partial charge in [0.1, 0.15) is 16.9 Å². The van der Waals surface area contributed by atoms with Crippen molar-refractivity contribution < 1.29 is 13.9 Å². The monoisotopic (exact) mass is 422 g/mol. The van der Waals surface area contributed by atoms with Crippen LogP contribution in [0.25, 0.3) is 11.0 Å². The van der Waals surface area contributed by atoms with E-state index in [2.05, 4.69) is 24.5 Å². The lowest BCUT2D eigenvalue weighted by atomic mass is 10.0. The molecule has 0 unspecified atom stereocenters. The SMILES string of the molecule is CCCc1c(O[C@@H](C)CC)ccc2cc(C(=O)Nc3ccc(CNC)cc3)c(=O)oc12. The molecule has 3 aromatic rings. The van der Waals surface area contributed by atoms with Gasteiger partial charge in [0.15, 0.2) is 0 Å². The van der Waals surface area contributed by atoms with Crippen molar-refractivity contribution in [2.75, 3.05) is 12.4 Å². The Morgan fingerprint density at radius 3 is 2.52 bits per heavy atom. The third kappa shape index (κ3) is 5.33. The number of anilines is 1. The van der Waals surface area contributed by atoms with Gasteiger partial charge in [-0.15, -0.1) is 0 Å². The van der Waals surface area contributed by atoms with E-state index in [1.54, 1.807) is 6.07 Å². The minimum Gasteiger partial charge on any atom is -0.490 e. The van der Waals surface area contributed by atoms with Crippen molar-refractivity contribution >= 4 is 22.6 Å². The highest BCUT2D eigenvalue weighted by Gasteiger charge is 2.18. The van der Waals surface area contributed by atoms with Gasteiger partial charge in [0.25, 0.3) is 5.91 Å². The Morgan fingerprint density at radius 2 is 1.87 bits per heavy atom. The molecule has 0 bridgehead atoms. The molecule has 2 N–H and O–H groups in total. The van der Waals surface area contributed by atoms with Gasteiger partial charge >= 0.3 is 5.63 Å². The van der Waals surface area contributed by atoms with Crippen LogP contribution in [-0.4, -0.2) is 19.1 Å². The first-order chi connectivity index (χ1) is 15.0. The zero-order valence-electron chi connectivity index (χ0n) is 18.6. The first kappa shape index (κ1) is 22.6. The van der Waals surface area contributed by atoms with E-state index in [1.165, 1.54) is 0 Å². The van der Waals surface area contributed by atoms with Crippen LogP contribution >= 0.6 is 0 Å². The van der Waals surface area contributed by atoms with Crippen LogP contribution in [0.1, 0.15) is 55.1 Å². The summed E-state index contributed by atoms with van der Waals surface area (Å²) in [5.41, 5.74) is 2.39. The molecule has 0 saturated carbocycles. The van der Waals surface area contributed by atoms with Gasteiger partial charge in [-0.05, 0) is 62.7 Å². The minimum absolute atomic E-state index is 0.0233. The molecular formula is C25H30N2O4. The predicted molar refractivity (Wildman–Crippen MR) is 124 cm³/mol. The second-order valence-electron chi connectivity index (χ2n) is 7.68. The summed E-state index contributed by atoms with van der Waals surface area (Å²) in [5.74, 6) is 0.236. The summed E-state index contributed by atoms with van der Waals surface area (Å²) >= 11 is 0. The second kappa shape index (κ2) is 10.3. The molecular weight excluding hydrogens is 392 g/mol. The quantitative estimate of drug-likeness (QED) is 0.480. The van der Waals surface area contributed by atoms with Gasteiger partial charge < -0.3 is 19.8 Å². The molecule has 1 atom stereocenters. The molecule has 3 rings (SSSR count). The smallest absolute Gasteiger partial charge is 0.349 e. The van der Waals surface area contributed by atoms with Crippen LogP contribution < -0.4 is 21.0 Å². The number of carbonyl (C=O) groups excluding carboxylic acids is 1. The lowest BCUT2D eigenvalue weighted by molar-refractivity contribution is 0.102. The van der Waals surface area contributed by atoms with E-state index in [1.807, 2.05) is 50.4 Å². The molecule has 6 nitrogen and oxygen atoms in total. The number of nitrogens with one attached hydrogen (secondary N) is 2. The molecule has 1 amide bonds. The summed E-state index contributed by atoms with van der Waals surface area (Å²) in [6.07, 6.45) is 2.54. The summed E-state index contributed by atoms with van der Waals surface area (Å²) < 4.78 is 11.7. The molecule has 164 valence electrons. The topological polar surface area (TPSA) is 80.6 Å². The summed E-state index contributed by atoms with van der Waals surface area (Å²) in [4.78, 5) is 25.4. The Labute approximate surface area is 182 Å². The van der Waals surface area contributed by atoms with Crippen LogP contribution in [0.2, 0.25) is 0 Å². The van der Waals surface area contributed by atoms with Crippen molar-refractivity contribution in [2.45, 2.75) is 52.7 Å². The molecule has 0 spiro atoms. The van der Waals surface area contributed by atoms with E-state index in [9.17, 15) is 9.59 Å². The summed E-state index contributed by atoms with van der Waals surface area (Å²) in [6.45, 7) is 6.87. The van der Waals surface area contributed by atoms with Crippen LogP contribution in [0, 0.1) is 0 Å². The van der Waals surface area contributed by atoms with Crippen molar-refractivity contribution in [3.63, 3.8) is 0 Å². The molecule has 0 aliphatic rings. The molecule has 2 aromatic carbocycles. The molecule has 0 fully saturated rings. The Bertz CT molecular complexity index is 1100. The zero-order valence-corrected chi connectivity index (χ0v) is 18.6. The summed E-state index contributed by atoms with van der Waals surface area (Å²) in [5, 5.41) is 6.55. The first-order valence-corrected chi connectivity index (χ1v) is 10.8. The van der Waals surface area contributed by atoms with Crippen molar-refractivity contribution in [3.05, 3.63) is 69.6 Å². The lowest BCUT2D eigenvalue weighted by Crippen LogP contribution is -2.21. The number of rotatable bonds is 9. The number of benzene rings is 2. The Hall–Kier alpha value is -3.12. The van der Waals surface area contributed by atoms with Crippen molar-refractivity contribution in [2.24, 2.45) is 0 Å². The van der Waals surface area contributed by atoms with Crippen molar-refractivity contribution in [3.8, 4) is 5.75 Å². The van der Waals surface area contributed by atoms with Crippen LogP contribution in [0.15, 0.2) is 51.7 Å². The van der Waals surface area contributed by atoms with Gasteiger partial charge in [-0.3, -0.25) is 4.79 Å². The highest BCUT2D eigenvalue weighted by atomic mass is 16.5. The zero-order chi connectivity index (χ0) is 22.4. The number of carbonyl (C=O) groups is 1. The van der Waals surface area contributed by atoms with Crippen LogP contribution in [0.3, 0.4) is 0 Å². The third-order valence-corrected chi connectivity index (χ3v) is 5.20. The molecule has 6 heteroatoms. The molecule has 0 radical (unpaired) electrons. The number of amides is 1. The highest BCUT2D eigenvalue weighted by molar-refractivity contribution is 6.05. The summed E-state index contributed by atoms with van der Waals surface area (Å²) in [7, 11) is 1.88. The van der Waals surface area contributed by atoms with Gasteiger partial charge in [0.2, 0.25) is 0 Å². The third-order valence-electron chi connectivity index (χ3n) is 5.20. The van der Waals surface area contributed by atoms with E-state index in [0.717, 1.165) is 42.7 Å². The molecule has 0 aliphatic heterocycles. The standard InChI is InChI=1S/C25H30N2O4/c1-5-7-20-22(30-16(3)6-2)13-10-18-14-21(25(29)31-23(18)20)24(28)27-19-11-8-17(9-12-19)15-26-4/h8-14,16,26H,5-7,15H2,1-4H3,(H,27,28)/t16-/m0/s1. The van der Waals surface area contributed by atoms with Gasteiger partial charge in [-0.2, -0.15) is 0 Å². The average Bonchev–Trinajstić information content (AvgIpc) is 2.76. The number of fused-ring (bicyclic) bond motifs is 1. The van der Waals surface area contributed by atoms with Gasteiger partial charge in [0, 0.05) is 23.2 Å². The normalized spacial score (nSPS) is 12.0. The maximum atomic E-state index is 12.7. The fourth-order valence-corrected chi connectivity index (χ4v) is 3.39. The van der Waals surface area contributed by atoms with E-state index < -0.39 is 11.5 Å². The maximum Gasteiger partial charge on any atom is 0.349 e. The number of ether oxygens (including phenoxy) is 1. The average molecular weight is 423 g/mol. The van der Waals surface area contributed by atoms with Crippen LogP contribution in [-0.2, 0) is 13.0 Å². The molecule has 1 heterocycles. The predicted octanol–water partition coefficient (Wildman–Crippen LogP) is 4.89. The van der Waals surface area contributed by atoms with Crippen LogP contribution in [0.5, 0.6) is 5.75 Å². The fraction of sp³-hybridized carbons (Fsp3) is 0.360. The molecule has 31 heavy (non-hydrogen) atoms. The largest absolute Gasteiger partial charge is 0.490 e.